The van der Waals surface area contributed by atoms with Crippen molar-refractivity contribution in [1.29, 1.82) is 0 Å². The number of aryl methyl sites for hydroxylation is 2. The first-order chi connectivity index (χ1) is 14.0. The quantitative estimate of drug-likeness (QED) is 0.716. The van der Waals surface area contributed by atoms with Gasteiger partial charge in [0.1, 0.15) is 0 Å². The van der Waals surface area contributed by atoms with Crippen molar-refractivity contribution in [2.45, 2.75) is 52.4 Å². The van der Waals surface area contributed by atoms with Crippen molar-refractivity contribution in [2.24, 2.45) is 23.2 Å². The lowest BCUT2D eigenvalue weighted by atomic mass is 9.49. The molecule has 1 amide bonds. The van der Waals surface area contributed by atoms with Crippen molar-refractivity contribution < 1.29 is 4.79 Å². The van der Waals surface area contributed by atoms with Crippen LogP contribution in [-0.4, -0.2) is 42.0 Å². The molecular weight excluding hydrogens is 378 g/mol. The Labute approximate surface area is 177 Å². The van der Waals surface area contributed by atoms with Crippen LogP contribution in [0.25, 0.3) is 10.2 Å². The van der Waals surface area contributed by atoms with Crippen molar-refractivity contribution in [2.75, 3.05) is 31.1 Å². The molecule has 4 aliphatic carbocycles. The minimum absolute atomic E-state index is 0.00141. The van der Waals surface area contributed by atoms with Gasteiger partial charge in [-0.1, -0.05) is 17.4 Å². The molecule has 7 rings (SSSR count). The standard InChI is InChI=1S/C24H31N3OS/c1-15-7-16(2)21-20(8-15)25-23(29-21)27-5-3-26(4-6-27)22(28)24-12-17-9-18(13-24)11-19(10-17)14-24/h7-8,17-19H,3-6,9-14H2,1-2H3. The van der Waals surface area contributed by atoms with Gasteiger partial charge in [-0.25, -0.2) is 4.98 Å². The van der Waals surface area contributed by atoms with Crippen LogP contribution in [0.5, 0.6) is 0 Å². The third kappa shape index (κ3) is 2.91. The van der Waals surface area contributed by atoms with E-state index in [1.807, 2.05) is 11.3 Å². The number of amides is 1. The normalized spacial score (nSPS) is 33.7. The Bertz CT molecular complexity index is 937. The molecule has 0 atom stereocenters. The molecular formula is C24H31N3OS. The van der Waals surface area contributed by atoms with Gasteiger partial charge >= 0.3 is 0 Å². The summed E-state index contributed by atoms with van der Waals surface area (Å²) >= 11 is 1.81. The Morgan fingerprint density at radius 1 is 1.00 bits per heavy atom. The first-order valence-electron chi connectivity index (χ1n) is 11.4. The molecule has 4 saturated carbocycles. The fraction of sp³-hybridized carbons (Fsp3) is 0.667. The average Bonchev–Trinajstić information content (AvgIpc) is 3.11. The predicted molar refractivity (Wildman–Crippen MR) is 118 cm³/mol. The number of thiazole rings is 1. The van der Waals surface area contributed by atoms with E-state index in [2.05, 4.69) is 35.8 Å². The highest BCUT2D eigenvalue weighted by Crippen LogP contribution is 2.60. The summed E-state index contributed by atoms with van der Waals surface area (Å²) in [5, 5.41) is 1.12. The summed E-state index contributed by atoms with van der Waals surface area (Å²) in [6, 6.07) is 4.43. The lowest BCUT2D eigenvalue weighted by Crippen LogP contribution is -2.58. The van der Waals surface area contributed by atoms with Crippen LogP contribution < -0.4 is 4.90 Å². The highest BCUT2D eigenvalue weighted by molar-refractivity contribution is 7.22. The zero-order valence-corrected chi connectivity index (χ0v) is 18.4. The number of hydrogen-bond donors (Lipinski definition) is 0. The summed E-state index contributed by atoms with van der Waals surface area (Å²) in [4.78, 5) is 23.1. The molecule has 0 unspecified atom stereocenters. The van der Waals surface area contributed by atoms with Crippen LogP contribution in [-0.2, 0) is 4.79 Å². The Balaban J connectivity index is 1.17. The Hall–Kier alpha value is -1.62. The molecule has 2 heterocycles. The van der Waals surface area contributed by atoms with E-state index in [4.69, 9.17) is 4.98 Å². The van der Waals surface area contributed by atoms with E-state index in [0.29, 0.717) is 5.91 Å². The fourth-order valence-electron chi connectivity index (χ4n) is 7.31. The van der Waals surface area contributed by atoms with Gasteiger partial charge in [-0.05, 0) is 87.3 Å². The zero-order valence-electron chi connectivity index (χ0n) is 17.6. The van der Waals surface area contributed by atoms with Crippen molar-refractivity contribution >= 4 is 32.6 Å². The first kappa shape index (κ1) is 18.2. The predicted octanol–water partition coefficient (Wildman–Crippen LogP) is 4.78. The van der Waals surface area contributed by atoms with E-state index in [1.165, 1.54) is 54.4 Å². The van der Waals surface area contributed by atoms with Gasteiger partial charge in [0, 0.05) is 26.2 Å². The second-order valence-electron chi connectivity index (χ2n) is 10.4. The molecule has 1 aromatic carbocycles. The van der Waals surface area contributed by atoms with E-state index in [1.54, 1.807) is 0 Å². The van der Waals surface area contributed by atoms with Gasteiger partial charge in [0.2, 0.25) is 5.91 Å². The molecule has 5 heteroatoms. The zero-order chi connectivity index (χ0) is 19.8. The molecule has 5 fully saturated rings. The van der Waals surface area contributed by atoms with E-state index in [0.717, 1.165) is 54.6 Å². The summed E-state index contributed by atoms with van der Waals surface area (Å²) < 4.78 is 1.30. The summed E-state index contributed by atoms with van der Waals surface area (Å²) in [6.07, 6.45) is 7.72. The topological polar surface area (TPSA) is 36.4 Å². The minimum atomic E-state index is 0.00141. The van der Waals surface area contributed by atoms with Crippen molar-refractivity contribution in [3.05, 3.63) is 23.3 Å². The van der Waals surface area contributed by atoms with Crippen LogP contribution >= 0.6 is 11.3 Å². The number of rotatable bonds is 2. The van der Waals surface area contributed by atoms with Gasteiger partial charge in [0.05, 0.1) is 15.6 Å². The molecule has 0 N–H and O–H groups in total. The highest BCUT2D eigenvalue weighted by atomic mass is 32.1. The van der Waals surface area contributed by atoms with Crippen molar-refractivity contribution in [1.82, 2.24) is 9.88 Å². The number of piperazine rings is 1. The molecule has 1 aliphatic heterocycles. The molecule has 4 bridgehead atoms. The van der Waals surface area contributed by atoms with Gasteiger partial charge in [-0.3, -0.25) is 4.79 Å². The summed E-state index contributed by atoms with van der Waals surface area (Å²) in [7, 11) is 0. The van der Waals surface area contributed by atoms with Gasteiger partial charge < -0.3 is 9.80 Å². The van der Waals surface area contributed by atoms with Gasteiger partial charge in [0.15, 0.2) is 5.13 Å². The van der Waals surface area contributed by atoms with E-state index in [-0.39, 0.29) is 5.41 Å². The molecule has 0 spiro atoms. The lowest BCUT2D eigenvalue weighted by Gasteiger charge is -2.57. The number of hydrogen-bond acceptors (Lipinski definition) is 4. The Morgan fingerprint density at radius 3 is 2.24 bits per heavy atom. The van der Waals surface area contributed by atoms with Crippen molar-refractivity contribution in [3.63, 3.8) is 0 Å². The maximum atomic E-state index is 13.6. The number of anilines is 1. The molecule has 1 aromatic heterocycles. The number of carbonyl (C=O) groups is 1. The summed E-state index contributed by atoms with van der Waals surface area (Å²) in [6.45, 7) is 7.86. The number of aromatic nitrogens is 1. The average molecular weight is 410 g/mol. The van der Waals surface area contributed by atoms with Gasteiger partial charge in [-0.15, -0.1) is 0 Å². The van der Waals surface area contributed by atoms with Crippen LogP contribution in [0.2, 0.25) is 0 Å². The number of fused-ring (bicyclic) bond motifs is 1. The highest BCUT2D eigenvalue weighted by Gasteiger charge is 2.55. The number of benzene rings is 1. The van der Waals surface area contributed by atoms with Crippen LogP contribution in [0.15, 0.2) is 12.1 Å². The monoisotopic (exact) mass is 409 g/mol. The Kier molecular flexibility index (Phi) is 4.03. The molecule has 1 saturated heterocycles. The minimum Gasteiger partial charge on any atom is -0.345 e. The van der Waals surface area contributed by atoms with Gasteiger partial charge in [0.25, 0.3) is 0 Å². The summed E-state index contributed by atoms with van der Waals surface area (Å²) in [5.41, 5.74) is 3.72. The first-order valence-corrected chi connectivity index (χ1v) is 12.2. The molecule has 154 valence electrons. The molecule has 0 radical (unpaired) electrons. The maximum absolute atomic E-state index is 13.6. The fourth-order valence-corrected chi connectivity index (χ4v) is 8.38. The number of carbonyl (C=O) groups excluding carboxylic acids is 1. The number of nitrogens with zero attached hydrogens (tertiary/aromatic N) is 3. The Morgan fingerprint density at radius 2 is 1.62 bits per heavy atom. The van der Waals surface area contributed by atoms with Crippen molar-refractivity contribution in [3.8, 4) is 0 Å². The second kappa shape index (κ2) is 6.44. The van der Waals surface area contributed by atoms with Crippen LogP contribution in [0.4, 0.5) is 5.13 Å². The van der Waals surface area contributed by atoms with Crippen LogP contribution in [0.1, 0.15) is 49.7 Å². The van der Waals surface area contributed by atoms with Crippen LogP contribution in [0, 0.1) is 37.0 Å². The molecule has 4 nitrogen and oxygen atoms in total. The third-order valence-corrected chi connectivity index (χ3v) is 9.41. The van der Waals surface area contributed by atoms with E-state index in [9.17, 15) is 4.79 Å². The SMILES string of the molecule is Cc1cc(C)c2sc(N3CCN(C(=O)C45CC6CC(CC(C6)C4)C5)CC3)nc2c1. The van der Waals surface area contributed by atoms with Gasteiger partial charge in [-0.2, -0.15) is 0 Å². The van der Waals surface area contributed by atoms with E-state index >= 15 is 0 Å². The molecule has 5 aliphatic rings. The molecule has 2 aromatic rings. The maximum Gasteiger partial charge on any atom is 0.228 e. The summed E-state index contributed by atoms with van der Waals surface area (Å²) in [5.74, 6) is 3.00. The smallest absolute Gasteiger partial charge is 0.228 e. The molecule has 29 heavy (non-hydrogen) atoms. The second-order valence-corrected chi connectivity index (χ2v) is 11.4. The third-order valence-electron chi connectivity index (χ3n) is 8.14. The largest absolute Gasteiger partial charge is 0.345 e. The van der Waals surface area contributed by atoms with Crippen LogP contribution in [0.3, 0.4) is 0 Å². The lowest BCUT2D eigenvalue weighted by molar-refractivity contribution is -0.158. The van der Waals surface area contributed by atoms with E-state index < -0.39 is 0 Å².